The smallest absolute Gasteiger partial charge is 0.195 e. The molecule has 1 aromatic heterocycles. The van der Waals surface area contributed by atoms with Crippen LogP contribution in [0, 0.1) is 6.92 Å². The first-order valence-corrected chi connectivity index (χ1v) is 7.42. The van der Waals surface area contributed by atoms with Crippen LogP contribution >= 0.6 is 11.8 Å². The minimum Gasteiger partial charge on any atom is -0.195 e. The average Bonchev–Trinajstić information content (AvgIpc) is 2.47. The topological polar surface area (TPSA) is 16.8 Å². The number of fused-ring (bicyclic) bond motifs is 1. The van der Waals surface area contributed by atoms with Crippen LogP contribution in [0.3, 0.4) is 0 Å². The van der Waals surface area contributed by atoms with Gasteiger partial charge in [-0.05, 0) is 42.4 Å². The zero-order valence-electron chi connectivity index (χ0n) is 11.0. The molecular formula is C16H15N2S+. The first-order chi connectivity index (χ1) is 9.29. The fourth-order valence-corrected chi connectivity index (χ4v) is 2.73. The van der Waals surface area contributed by atoms with Crippen LogP contribution in [0.1, 0.15) is 5.56 Å². The molecule has 1 heterocycles. The molecular weight excluding hydrogens is 252 g/mol. The number of para-hydroxylation sites is 1. The summed E-state index contributed by atoms with van der Waals surface area (Å²) in [5.74, 6) is 0. The van der Waals surface area contributed by atoms with Gasteiger partial charge in [-0.3, -0.25) is 0 Å². The van der Waals surface area contributed by atoms with Crippen LogP contribution < -0.4 is 4.57 Å². The summed E-state index contributed by atoms with van der Waals surface area (Å²) in [5.41, 5.74) is 3.59. The molecule has 19 heavy (non-hydrogen) atoms. The number of hydrogen-bond acceptors (Lipinski definition) is 2. The molecule has 0 saturated heterocycles. The van der Waals surface area contributed by atoms with Gasteiger partial charge in [-0.2, -0.15) is 4.57 Å². The maximum Gasteiger partial charge on any atom is 0.293 e. The van der Waals surface area contributed by atoms with Gasteiger partial charge >= 0.3 is 0 Å². The summed E-state index contributed by atoms with van der Waals surface area (Å²) in [6, 6.07) is 16.9. The monoisotopic (exact) mass is 267 g/mol. The Morgan fingerprint density at radius 1 is 1.00 bits per heavy atom. The van der Waals surface area contributed by atoms with E-state index in [0.29, 0.717) is 0 Å². The third kappa shape index (κ3) is 2.22. The van der Waals surface area contributed by atoms with Crippen molar-refractivity contribution < 1.29 is 4.57 Å². The number of benzene rings is 2. The molecule has 0 aliphatic heterocycles. The fraction of sp³-hybridized carbons (Fsp3) is 0.125. The predicted molar refractivity (Wildman–Crippen MR) is 79.8 cm³/mol. The third-order valence-corrected chi connectivity index (χ3v) is 3.90. The van der Waals surface area contributed by atoms with Gasteiger partial charge in [-0.15, -0.1) is 0 Å². The molecule has 0 bridgehead atoms. The summed E-state index contributed by atoms with van der Waals surface area (Å²) >= 11 is 1.68. The molecule has 0 atom stereocenters. The summed E-state index contributed by atoms with van der Waals surface area (Å²) in [5, 5.41) is 2.26. The molecule has 2 nitrogen and oxygen atoms in total. The SMILES string of the molecule is CSc1nc[n+](-c2ccc(C)cc2)c2ccccc12. The van der Waals surface area contributed by atoms with Gasteiger partial charge in [0.2, 0.25) is 5.03 Å². The Morgan fingerprint density at radius 2 is 1.74 bits per heavy atom. The van der Waals surface area contributed by atoms with Gasteiger partial charge in [-0.1, -0.05) is 41.6 Å². The molecule has 0 amide bonds. The van der Waals surface area contributed by atoms with Crippen molar-refractivity contribution in [2.45, 2.75) is 11.9 Å². The lowest BCUT2D eigenvalue weighted by Gasteiger charge is -2.04. The van der Waals surface area contributed by atoms with Gasteiger partial charge in [0, 0.05) is 0 Å². The minimum atomic E-state index is 1.07. The van der Waals surface area contributed by atoms with E-state index in [4.69, 9.17) is 0 Å². The van der Waals surface area contributed by atoms with Crippen LogP contribution in [0.25, 0.3) is 16.6 Å². The molecule has 0 unspecified atom stereocenters. The quantitative estimate of drug-likeness (QED) is 0.401. The van der Waals surface area contributed by atoms with Gasteiger partial charge in [0.15, 0.2) is 0 Å². The predicted octanol–water partition coefficient (Wildman–Crippen LogP) is 3.54. The fourth-order valence-electron chi connectivity index (χ4n) is 2.18. The molecule has 0 saturated carbocycles. The lowest BCUT2D eigenvalue weighted by molar-refractivity contribution is -0.571. The Hall–Kier alpha value is -1.87. The van der Waals surface area contributed by atoms with E-state index in [1.165, 1.54) is 16.5 Å². The largest absolute Gasteiger partial charge is 0.293 e. The summed E-state index contributed by atoms with van der Waals surface area (Å²) < 4.78 is 2.13. The van der Waals surface area contributed by atoms with Crippen molar-refractivity contribution in [3.63, 3.8) is 0 Å². The van der Waals surface area contributed by atoms with Crippen molar-refractivity contribution in [2.24, 2.45) is 0 Å². The number of nitrogens with zero attached hydrogens (tertiary/aromatic N) is 2. The second-order valence-corrected chi connectivity index (χ2v) is 5.27. The number of aryl methyl sites for hydroxylation is 1. The first kappa shape index (κ1) is 12.2. The first-order valence-electron chi connectivity index (χ1n) is 6.20. The van der Waals surface area contributed by atoms with E-state index in [1.54, 1.807) is 11.8 Å². The van der Waals surface area contributed by atoms with Gasteiger partial charge in [0.25, 0.3) is 6.33 Å². The lowest BCUT2D eigenvalue weighted by Crippen LogP contribution is -2.32. The molecule has 3 heteroatoms. The van der Waals surface area contributed by atoms with Crippen LogP contribution in [-0.4, -0.2) is 11.2 Å². The Kier molecular flexibility index (Phi) is 3.22. The van der Waals surface area contributed by atoms with Gasteiger partial charge in [-0.25, -0.2) is 0 Å². The minimum absolute atomic E-state index is 1.07. The van der Waals surface area contributed by atoms with E-state index >= 15 is 0 Å². The second-order valence-electron chi connectivity index (χ2n) is 4.48. The summed E-state index contributed by atoms with van der Waals surface area (Å²) in [6.07, 6.45) is 3.96. The maximum atomic E-state index is 4.55. The van der Waals surface area contributed by atoms with E-state index in [0.717, 1.165) is 10.7 Å². The highest BCUT2D eigenvalue weighted by Crippen LogP contribution is 2.21. The van der Waals surface area contributed by atoms with E-state index in [2.05, 4.69) is 71.3 Å². The summed E-state index contributed by atoms with van der Waals surface area (Å²) in [4.78, 5) is 4.55. The van der Waals surface area contributed by atoms with Crippen LogP contribution in [0.5, 0.6) is 0 Å². The number of aromatic nitrogens is 2. The molecule has 94 valence electrons. The van der Waals surface area contributed by atoms with Gasteiger partial charge in [0.1, 0.15) is 11.2 Å². The summed E-state index contributed by atoms with van der Waals surface area (Å²) in [6.45, 7) is 2.10. The molecule has 0 radical (unpaired) electrons. The molecule has 3 aromatic rings. The highest BCUT2D eigenvalue weighted by Gasteiger charge is 2.14. The molecule has 0 spiro atoms. The molecule has 0 fully saturated rings. The van der Waals surface area contributed by atoms with Crippen molar-refractivity contribution in [1.82, 2.24) is 4.98 Å². The number of rotatable bonds is 2. The van der Waals surface area contributed by atoms with Crippen molar-refractivity contribution in [2.75, 3.05) is 6.26 Å². The number of hydrogen-bond donors (Lipinski definition) is 0. The van der Waals surface area contributed by atoms with E-state index < -0.39 is 0 Å². The van der Waals surface area contributed by atoms with Crippen LogP contribution in [0.15, 0.2) is 59.9 Å². The van der Waals surface area contributed by atoms with Crippen LogP contribution in [-0.2, 0) is 0 Å². The Bertz CT molecular complexity index is 720. The molecule has 0 aliphatic rings. The standard InChI is InChI=1S/C16H15N2S/c1-12-7-9-13(10-8-12)18-11-17-16(19-2)14-5-3-4-6-15(14)18/h3-11H,1-2H3/q+1. The molecule has 3 rings (SSSR count). The van der Waals surface area contributed by atoms with Gasteiger partial charge < -0.3 is 0 Å². The van der Waals surface area contributed by atoms with Crippen molar-refractivity contribution >= 4 is 22.7 Å². The Balaban J connectivity index is 2.27. The molecule has 0 N–H and O–H groups in total. The molecule has 2 aromatic carbocycles. The van der Waals surface area contributed by atoms with E-state index in [9.17, 15) is 0 Å². The van der Waals surface area contributed by atoms with Crippen molar-refractivity contribution in [1.29, 1.82) is 0 Å². The van der Waals surface area contributed by atoms with Crippen LogP contribution in [0.4, 0.5) is 0 Å². The normalized spacial score (nSPS) is 10.8. The van der Waals surface area contributed by atoms with E-state index in [-0.39, 0.29) is 0 Å². The second kappa shape index (κ2) is 5.02. The zero-order valence-corrected chi connectivity index (χ0v) is 11.8. The van der Waals surface area contributed by atoms with Crippen molar-refractivity contribution in [3.8, 4) is 5.69 Å². The highest BCUT2D eigenvalue weighted by molar-refractivity contribution is 7.98. The van der Waals surface area contributed by atoms with Crippen molar-refractivity contribution in [3.05, 3.63) is 60.4 Å². The molecule has 0 aliphatic carbocycles. The Morgan fingerprint density at radius 3 is 2.47 bits per heavy atom. The summed E-state index contributed by atoms with van der Waals surface area (Å²) in [7, 11) is 0. The lowest BCUT2D eigenvalue weighted by atomic mass is 10.2. The van der Waals surface area contributed by atoms with Gasteiger partial charge in [0.05, 0.1) is 5.39 Å². The zero-order chi connectivity index (χ0) is 13.2. The van der Waals surface area contributed by atoms with E-state index in [1.807, 2.05) is 6.33 Å². The average molecular weight is 267 g/mol. The Labute approximate surface area is 117 Å². The highest BCUT2D eigenvalue weighted by atomic mass is 32.2. The maximum absolute atomic E-state index is 4.55. The number of thioether (sulfide) groups is 1. The van der Waals surface area contributed by atoms with Crippen LogP contribution in [0.2, 0.25) is 0 Å². The third-order valence-electron chi connectivity index (χ3n) is 3.19.